The van der Waals surface area contributed by atoms with Crippen molar-refractivity contribution in [1.29, 1.82) is 0 Å². The lowest BCUT2D eigenvalue weighted by atomic mass is 9.99. The van der Waals surface area contributed by atoms with E-state index in [0.29, 0.717) is 18.7 Å². The minimum atomic E-state index is 0.0551. The summed E-state index contributed by atoms with van der Waals surface area (Å²) >= 11 is 0. The molecule has 0 fully saturated rings. The first-order chi connectivity index (χ1) is 8.70. The number of nitrogens with two attached hydrogens (primary N) is 1. The molecule has 0 amide bonds. The molecule has 1 aromatic heterocycles. The molecule has 0 spiro atoms. The molecular weight excluding hydrogens is 228 g/mol. The van der Waals surface area contributed by atoms with Crippen molar-refractivity contribution in [2.75, 3.05) is 6.54 Å². The molecule has 0 atom stereocenters. The fourth-order valence-corrected chi connectivity index (χ4v) is 1.90. The molecule has 0 bridgehead atoms. The lowest BCUT2D eigenvalue weighted by molar-refractivity contribution is 0.0991. The molecule has 0 radical (unpaired) electrons. The van der Waals surface area contributed by atoms with Crippen molar-refractivity contribution in [3.05, 3.63) is 47.3 Å². The highest BCUT2D eigenvalue weighted by Crippen LogP contribution is 2.12. The van der Waals surface area contributed by atoms with Gasteiger partial charge in [0.1, 0.15) is 0 Å². The average molecular weight is 244 g/mol. The molecule has 0 saturated heterocycles. The fourth-order valence-electron chi connectivity index (χ4n) is 1.90. The summed E-state index contributed by atoms with van der Waals surface area (Å²) < 4.78 is 1.59. The van der Waals surface area contributed by atoms with E-state index in [9.17, 15) is 4.79 Å². The number of carbonyl (C=O) groups excluding carboxylic acids is 1. The first-order valence-electron chi connectivity index (χ1n) is 5.87. The number of nitrogens with zero attached hydrogens (tertiary/aromatic N) is 3. The minimum Gasteiger partial charge on any atom is -0.330 e. The van der Waals surface area contributed by atoms with Gasteiger partial charge in [0.05, 0.1) is 12.1 Å². The van der Waals surface area contributed by atoms with Gasteiger partial charge in [-0.25, -0.2) is 0 Å². The molecule has 1 aromatic carbocycles. The second-order valence-corrected chi connectivity index (χ2v) is 4.18. The highest BCUT2D eigenvalue weighted by Gasteiger charge is 2.12. The Kier molecular flexibility index (Phi) is 3.84. The predicted octanol–water partition coefficient (Wildman–Crippen LogP) is 0.742. The van der Waals surface area contributed by atoms with E-state index < -0.39 is 0 Å². The predicted molar refractivity (Wildman–Crippen MR) is 68.2 cm³/mol. The van der Waals surface area contributed by atoms with Crippen LogP contribution in [0, 0.1) is 0 Å². The van der Waals surface area contributed by atoms with Crippen molar-refractivity contribution in [1.82, 2.24) is 15.0 Å². The summed E-state index contributed by atoms with van der Waals surface area (Å²) in [6, 6.07) is 7.56. The second-order valence-electron chi connectivity index (χ2n) is 4.18. The maximum absolute atomic E-state index is 12.2. The summed E-state index contributed by atoms with van der Waals surface area (Å²) in [7, 11) is 1.78. The third kappa shape index (κ3) is 2.81. The number of rotatable bonds is 5. The van der Waals surface area contributed by atoms with Crippen LogP contribution in [0.5, 0.6) is 0 Å². The largest absolute Gasteiger partial charge is 0.330 e. The third-order valence-electron chi connectivity index (χ3n) is 2.72. The Morgan fingerprint density at radius 1 is 1.39 bits per heavy atom. The van der Waals surface area contributed by atoms with Gasteiger partial charge in [0, 0.05) is 18.8 Å². The molecule has 0 unspecified atom stereocenters. The van der Waals surface area contributed by atoms with Crippen molar-refractivity contribution in [3.63, 3.8) is 0 Å². The van der Waals surface area contributed by atoms with E-state index >= 15 is 0 Å². The van der Waals surface area contributed by atoms with E-state index in [0.717, 1.165) is 11.1 Å². The highest BCUT2D eigenvalue weighted by molar-refractivity contribution is 5.98. The molecule has 1 heterocycles. The van der Waals surface area contributed by atoms with Crippen molar-refractivity contribution in [3.8, 4) is 0 Å². The van der Waals surface area contributed by atoms with Crippen LogP contribution >= 0.6 is 0 Å². The molecule has 0 aliphatic carbocycles. The van der Waals surface area contributed by atoms with E-state index in [1.165, 1.54) is 0 Å². The monoisotopic (exact) mass is 244 g/mol. The number of aromatic nitrogens is 3. The summed E-state index contributed by atoms with van der Waals surface area (Å²) in [4.78, 5) is 12.2. The third-order valence-corrected chi connectivity index (χ3v) is 2.72. The van der Waals surface area contributed by atoms with Gasteiger partial charge in [-0.15, -0.1) is 5.10 Å². The zero-order valence-electron chi connectivity index (χ0n) is 10.3. The van der Waals surface area contributed by atoms with Crippen molar-refractivity contribution < 1.29 is 4.79 Å². The topological polar surface area (TPSA) is 73.8 Å². The standard InChI is InChI=1S/C13H16N4O/c1-17-9-11(15-16-17)8-13(18)12-5-3-2-4-10(12)6-7-14/h2-5,9H,6-8,14H2,1H3. The zero-order chi connectivity index (χ0) is 13.0. The molecule has 18 heavy (non-hydrogen) atoms. The van der Waals surface area contributed by atoms with Crippen LogP contribution in [0.15, 0.2) is 30.5 Å². The fraction of sp³-hybridized carbons (Fsp3) is 0.308. The lowest BCUT2D eigenvalue weighted by Gasteiger charge is -2.06. The number of hydrogen-bond acceptors (Lipinski definition) is 4. The number of hydrogen-bond donors (Lipinski definition) is 1. The molecule has 0 aliphatic heterocycles. The number of aryl methyl sites for hydroxylation is 1. The van der Waals surface area contributed by atoms with Crippen LogP contribution in [0.25, 0.3) is 0 Å². The van der Waals surface area contributed by atoms with Gasteiger partial charge in [-0.2, -0.15) is 0 Å². The first kappa shape index (κ1) is 12.4. The van der Waals surface area contributed by atoms with Gasteiger partial charge in [0.2, 0.25) is 0 Å². The smallest absolute Gasteiger partial charge is 0.169 e. The Balaban J connectivity index is 2.18. The SMILES string of the molecule is Cn1cc(CC(=O)c2ccccc2CCN)nn1. The van der Waals surface area contributed by atoms with Crippen molar-refractivity contribution >= 4 is 5.78 Å². The molecule has 5 heteroatoms. The van der Waals surface area contributed by atoms with Gasteiger partial charge in [0.25, 0.3) is 0 Å². The van der Waals surface area contributed by atoms with Gasteiger partial charge in [-0.1, -0.05) is 29.5 Å². The number of carbonyl (C=O) groups is 1. The average Bonchev–Trinajstić information content (AvgIpc) is 2.76. The van der Waals surface area contributed by atoms with Gasteiger partial charge < -0.3 is 5.73 Å². The van der Waals surface area contributed by atoms with Crippen LogP contribution in [-0.4, -0.2) is 27.3 Å². The second kappa shape index (κ2) is 5.55. The zero-order valence-corrected chi connectivity index (χ0v) is 10.3. The molecule has 2 rings (SSSR count). The van der Waals surface area contributed by atoms with Crippen LogP contribution in [0.3, 0.4) is 0 Å². The number of Topliss-reactive ketones (excluding diaryl/α,β-unsaturated/α-hetero) is 1. The Hall–Kier alpha value is -2.01. The molecule has 5 nitrogen and oxygen atoms in total. The summed E-state index contributed by atoms with van der Waals surface area (Å²) in [5.74, 6) is 0.0551. The van der Waals surface area contributed by atoms with Crippen LogP contribution in [0.2, 0.25) is 0 Å². The highest BCUT2D eigenvalue weighted by atomic mass is 16.1. The van der Waals surface area contributed by atoms with Crippen LogP contribution in [0.4, 0.5) is 0 Å². The molecule has 0 saturated carbocycles. The van der Waals surface area contributed by atoms with E-state index in [-0.39, 0.29) is 12.2 Å². The Morgan fingerprint density at radius 2 is 2.17 bits per heavy atom. The molecular formula is C13H16N4O. The first-order valence-corrected chi connectivity index (χ1v) is 5.87. The quantitative estimate of drug-likeness (QED) is 0.787. The molecule has 2 N–H and O–H groups in total. The summed E-state index contributed by atoms with van der Waals surface area (Å²) in [5.41, 5.74) is 7.96. The number of benzene rings is 1. The van der Waals surface area contributed by atoms with Crippen molar-refractivity contribution in [2.45, 2.75) is 12.8 Å². The molecule has 0 aliphatic rings. The number of ketones is 1. The summed E-state index contributed by atoms with van der Waals surface area (Å²) in [6.07, 6.45) is 2.74. The van der Waals surface area contributed by atoms with E-state index in [1.807, 2.05) is 24.3 Å². The Labute approximate surface area is 106 Å². The van der Waals surface area contributed by atoms with Crippen molar-refractivity contribution in [2.24, 2.45) is 12.8 Å². The van der Waals surface area contributed by atoms with Gasteiger partial charge >= 0.3 is 0 Å². The van der Waals surface area contributed by atoms with E-state index in [1.54, 1.807) is 17.9 Å². The van der Waals surface area contributed by atoms with E-state index in [4.69, 9.17) is 5.73 Å². The Morgan fingerprint density at radius 3 is 2.83 bits per heavy atom. The molecule has 94 valence electrons. The molecule has 2 aromatic rings. The minimum absolute atomic E-state index is 0.0551. The maximum atomic E-state index is 12.2. The van der Waals surface area contributed by atoms with Gasteiger partial charge in [-0.3, -0.25) is 9.48 Å². The normalized spacial score (nSPS) is 10.6. The van der Waals surface area contributed by atoms with E-state index in [2.05, 4.69) is 10.3 Å². The van der Waals surface area contributed by atoms with Crippen LogP contribution in [-0.2, 0) is 19.9 Å². The van der Waals surface area contributed by atoms with Gasteiger partial charge in [0.15, 0.2) is 5.78 Å². The van der Waals surface area contributed by atoms with Crippen LogP contribution < -0.4 is 5.73 Å². The summed E-state index contributed by atoms with van der Waals surface area (Å²) in [5, 5.41) is 7.74. The maximum Gasteiger partial charge on any atom is 0.169 e. The lowest BCUT2D eigenvalue weighted by Crippen LogP contribution is -2.11. The van der Waals surface area contributed by atoms with Gasteiger partial charge in [-0.05, 0) is 18.5 Å². The summed E-state index contributed by atoms with van der Waals surface area (Å²) in [6.45, 7) is 0.537. The van der Waals surface area contributed by atoms with Crippen LogP contribution in [0.1, 0.15) is 21.6 Å². The Bertz CT molecular complexity index is 547.